The van der Waals surface area contributed by atoms with Crippen LogP contribution < -0.4 is 16.0 Å². The zero-order chi connectivity index (χ0) is 20.2. The van der Waals surface area contributed by atoms with E-state index in [0.29, 0.717) is 42.8 Å². The Bertz CT molecular complexity index is 861. The minimum atomic E-state index is -0.957. The zero-order valence-corrected chi connectivity index (χ0v) is 17.5. The van der Waals surface area contributed by atoms with Gasteiger partial charge in [-0.25, -0.2) is 4.68 Å². The van der Waals surface area contributed by atoms with E-state index in [1.807, 2.05) is 0 Å². The minimum Gasteiger partial charge on any atom is -0.550 e. The second kappa shape index (κ2) is 7.00. The van der Waals surface area contributed by atoms with Gasteiger partial charge in [0.05, 0.1) is 17.4 Å². The fraction of sp³-hybridized carbons (Fsp3) is 0.773. The van der Waals surface area contributed by atoms with Gasteiger partial charge < -0.3 is 15.2 Å². The number of anilines is 1. The van der Waals surface area contributed by atoms with Gasteiger partial charge in [-0.2, -0.15) is 5.10 Å². The van der Waals surface area contributed by atoms with Crippen LogP contribution in [0.25, 0.3) is 0 Å². The standard InChI is InChI=1S/C22H30ClN3O3/c23-18-17(25-16-5-3-1-2-4-6-16)12-24-26(19(18)27)22-10-14-7-15(11-22)9-21(8-14,13-22)20(28)29/h12,14-16,25H,1-11,13H2,(H,28,29)/p-1/t14-,15+,21?,22?. The molecule has 1 aromatic heterocycles. The zero-order valence-electron chi connectivity index (χ0n) is 16.8. The summed E-state index contributed by atoms with van der Waals surface area (Å²) in [7, 11) is 0. The summed E-state index contributed by atoms with van der Waals surface area (Å²) >= 11 is 6.53. The van der Waals surface area contributed by atoms with Crippen molar-refractivity contribution >= 4 is 23.3 Å². The van der Waals surface area contributed by atoms with Crippen LogP contribution >= 0.6 is 11.6 Å². The first-order chi connectivity index (χ1) is 13.9. The Hall–Kier alpha value is -1.56. The second-order valence-corrected chi connectivity index (χ2v) is 10.6. The van der Waals surface area contributed by atoms with Gasteiger partial charge in [-0.3, -0.25) is 4.79 Å². The predicted molar refractivity (Wildman–Crippen MR) is 109 cm³/mol. The number of hydrogen-bond acceptors (Lipinski definition) is 5. The van der Waals surface area contributed by atoms with Crippen molar-refractivity contribution in [2.24, 2.45) is 17.3 Å². The lowest BCUT2D eigenvalue weighted by Crippen LogP contribution is -2.63. The number of nitrogens with zero attached hydrogens (tertiary/aromatic N) is 2. The number of nitrogens with one attached hydrogen (secondary N) is 1. The molecular weight excluding hydrogens is 390 g/mol. The van der Waals surface area contributed by atoms with E-state index in [1.165, 1.54) is 30.4 Å². The van der Waals surface area contributed by atoms with Gasteiger partial charge in [0.25, 0.3) is 5.56 Å². The number of carboxylic acid groups (broad SMARTS) is 1. The van der Waals surface area contributed by atoms with Crippen molar-refractivity contribution in [3.8, 4) is 0 Å². The van der Waals surface area contributed by atoms with Crippen LogP contribution in [0.1, 0.15) is 77.0 Å². The van der Waals surface area contributed by atoms with Crippen molar-refractivity contribution in [3.63, 3.8) is 0 Å². The molecule has 6 nitrogen and oxygen atoms in total. The SMILES string of the molecule is O=C([O-])C12C[C@H]3C[C@@H](C1)CC(n1ncc(NC4CCCCCC4)c(Cl)c1=O)(C3)C2. The van der Waals surface area contributed by atoms with Crippen molar-refractivity contribution in [2.45, 2.75) is 88.6 Å². The molecule has 0 aliphatic heterocycles. The van der Waals surface area contributed by atoms with Gasteiger partial charge in [0.2, 0.25) is 0 Å². The lowest BCUT2D eigenvalue weighted by molar-refractivity contribution is -0.329. The number of aliphatic carboxylic acids is 1. The number of carboxylic acids is 1. The first-order valence-electron chi connectivity index (χ1n) is 11.2. The summed E-state index contributed by atoms with van der Waals surface area (Å²) in [5.74, 6) is -0.308. The lowest BCUT2D eigenvalue weighted by Gasteiger charge is -2.62. The predicted octanol–water partition coefficient (Wildman–Crippen LogP) is 3.08. The van der Waals surface area contributed by atoms with Crippen LogP contribution in [-0.4, -0.2) is 21.8 Å². The molecule has 4 atom stereocenters. The van der Waals surface area contributed by atoms with Crippen LogP contribution in [0.5, 0.6) is 0 Å². The second-order valence-electron chi connectivity index (χ2n) is 10.2. The number of hydrogen-bond donors (Lipinski definition) is 1. The fourth-order valence-corrected chi connectivity index (χ4v) is 7.40. The molecule has 5 saturated carbocycles. The van der Waals surface area contributed by atoms with E-state index in [9.17, 15) is 14.7 Å². The molecule has 2 unspecified atom stereocenters. The van der Waals surface area contributed by atoms with E-state index in [4.69, 9.17) is 11.6 Å². The average Bonchev–Trinajstić information content (AvgIpc) is 2.93. The number of aromatic nitrogens is 2. The first-order valence-corrected chi connectivity index (χ1v) is 11.5. The molecule has 158 valence electrons. The Morgan fingerprint density at radius 3 is 2.41 bits per heavy atom. The maximum Gasteiger partial charge on any atom is 0.288 e. The topological polar surface area (TPSA) is 87.0 Å². The maximum atomic E-state index is 13.3. The summed E-state index contributed by atoms with van der Waals surface area (Å²) in [5.41, 5.74) is -1.03. The number of carbonyl (C=O) groups excluding carboxylic acids is 1. The lowest BCUT2D eigenvalue weighted by atomic mass is 9.47. The normalized spacial score (nSPS) is 36.7. The van der Waals surface area contributed by atoms with Crippen molar-refractivity contribution in [3.05, 3.63) is 21.6 Å². The van der Waals surface area contributed by atoms with Gasteiger partial charge in [-0.05, 0) is 63.2 Å². The molecule has 1 N–H and O–H groups in total. The third kappa shape index (κ3) is 3.18. The third-order valence-corrected chi connectivity index (χ3v) is 8.41. The van der Waals surface area contributed by atoms with E-state index in [1.54, 1.807) is 6.20 Å². The molecule has 0 aromatic carbocycles. The van der Waals surface area contributed by atoms with E-state index >= 15 is 0 Å². The molecule has 0 spiro atoms. The number of rotatable bonds is 4. The summed E-state index contributed by atoms with van der Waals surface area (Å²) < 4.78 is 1.53. The Morgan fingerprint density at radius 2 is 1.79 bits per heavy atom. The van der Waals surface area contributed by atoms with Gasteiger partial charge in [0.1, 0.15) is 5.02 Å². The Balaban J connectivity index is 1.46. The van der Waals surface area contributed by atoms with E-state index in [0.717, 1.165) is 32.1 Å². The van der Waals surface area contributed by atoms with Crippen molar-refractivity contribution in [2.75, 3.05) is 5.32 Å². The van der Waals surface area contributed by atoms with Crippen molar-refractivity contribution in [1.29, 1.82) is 0 Å². The van der Waals surface area contributed by atoms with Gasteiger partial charge in [-0.15, -0.1) is 0 Å². The maximum absolute atomic E-state index is 13.3. The van der Waals surface area contributed by atoms with Crippen molar-refractivity contribution in [1.82, 2.24) is 9.78 Å². The van der Waals surface area contributed by atoms with Crippen LogP contribution in [0.2, 0.25) is 5.02 Å². The molecule has 0 saturated heterocycles. The molecule has 1 heterocycles. The monoisotopic (exact) mass is 418 g/mol. The molecule has 0 radical (unpaired) electrons. The van der Waals surface area contributed by atoms with Gasteiger partial charge in [-0.1, -0.05) is 37.3 Å². The van der Waals surface area contributed by atoms with Crippen LogP contribution in [0.4, 0.5) is 5.69 Å². The van der Waals surface area contributed by atoms with E-state index < -0.39 is 16.9 Å². The highest BCUT2D eigenvalue weighted by atomic mass is 35.5. The molecule has 6 rings (SSSR count). The molecule has 4 bridgehead atoms. The number of halogens is 1. The highest BCUT2D eigenvalue weighted by molar-refractivity contribution is 6.32. The number of carbonyl (C=O) groups is 1. The molecule has 0 amide bonds. The minimum absolute atomic E-state index is 0.183. The first kappa shape index (κ1) is 19.4. The Kier molecular flexibility index (Phi) is 4.68. The van der Waals surface area contributed by atoms with Gasteiger partial charge in [0.15, 0.2) is 0 Å². The average molecular weight is 419 g/mol. The molecular formula is C22H29ClN3O3-. The van der Waals surface area contributed by atoms with Gasteiger partial charge >= 0.3 is 0 Å². The highest BCUT2D eigenvalue weighted by Gasteiger charge is 2.60. The van der Waals surface area contributed by atoms with Crippen LogP contribution in [0.15, 0.2) is 11.0 Å². The molecule has 1 aromatic rings. The summed E-state index contributed by atoms with van der Waals surface area (Å²) in [4.78, 5) is 25.3. The van der Waals surface area contributed by atoms with E-state index in [2.05, 4.69) is 10.4 Å². The third-order valence-electron chi connectivity index (χ3n) is 8.05. The summed E-state index contributed by atoms with van der Waals surface area (Å²) in [5, 5.41) is 20.2. The van der Waals surface area contributed by atoms with Crippen LogP contribution in [0, 0.1) is 17.3 Å². The smallest absolute Gasteiger partial charge is 0.288 e. The molecule has 5 fully saturated rings. The molecule has 7 heteroatoms. The van der Waals surface area contributed by atoms with Crippen LogP contribution in [-0.2, 0) is 10.3 Å². The highest BCUT2D eigenvalue weighted by Crippen LogP contribution is 2.63. The quantitative estimate of drug-likeness (QED) is 0.759. The molecule has 5 aliphatic rings. The molecule has 5 aliphatic carbocycles. The van der Waals surface area contributed by atoms with Crippen LogP contribution in [0.3, 0.4) is 0 Å². The summed E-state index contributed by atoms with van der Waals surface area (Å²) in [6, 6.07) is 0.327. The summed E-state index contributed by atoms with van der Waals surface area (Å²) in [6.45, 7) is 0. The Morgan fingerprint density at radius 1 is 1.14 bits per heavy atom. The Labute approximate surface area is 176 Å². The largest absolute Gasteiger partial charge is 0.550 e. The van der Waals surface area contributed by atoms with E-state index in [-0.39, 0.29) is 10.6 Å². The van der Waals surface area contributed by atoms with Crippen molar-refractivity contribution < 1.29 is 9.90 Å². The molecule has 29 heavy (non-hydrogen) atoms. The fourth-order valence-electron chi connectivity index (χ4n) is 7.22. The summed E-state index contributed by atoms with van der Waals surface area (Å²) in [6.07, 6.45) is 13.2. The van der Waals surface area contributed by atoms with Gasteiger partial charge in [0, 0.05) is 17.4 Å².